The highest BCUT2D eigenvalue weighted by Crippen LogP contribution is 2.31. The maximum atomic E-state index is 14.1. The Morgan fingerprint density at radius 1 is 1.13 bits per heavy atom. The molecule has 0 aliphatic heterocycles. The number of rotatable bonds is 9. The lowest BCUT2D eigenvalue weighted by Crippen LogP contribution is -2.34. The van der Waals surface area contributed by atoms with Crippen molar-refractivity contribution in [3.05, 3.63) is 53.8 Å². The molecule has 0 saturated heterocycles. The lowest BCUT2D eigenvalue weighted by atomic mass is 10.1. The van der Waals surface area contributed by atoms with Crippen molar-refractivity contribution in [1.82, 2.24) is 9.88 Å². The number of hydrogen-bond donors (Lipinski definition) is 0. The third kappa shape index (κ3) is 7.17. The van der Waals surface area contributed by atoms with Crippen molar-refractivity contribution in [1.29, 1.82) is 0 Å². The first-order valence-corrected chi connectivity index (χ1v) is 11.8. The molecule has 3 rings (SSSR count). The van der Waals surface area contributed by atoms with Gasteiger partial charge in [-0.05, 0) is 56.9 Å². The summed E-state index contributed by atoms with van der Waals surface area (Å²) < 4.78 is 14.9. The summed E-state index contributed by atoms with van der Waals surface area (Å²) in [4.78, 5) is 22.6. The van der Waals surface area contributed by atoms with Crippen molar-refractivity contribution < 1.29 is 9.18 Å². The second-order valence-corrected chi connectivity index (χ2v) is 10.4. The largest absolute Gasteiger partial charge is 0.309 e. The molecule has 0 unspecified atom stereocenters. The molecule has 31 heavy (non-hydrogen) atoms. The van der Waals surface area contributed by atoms with E-state index >= 15 is 0 Å². The minimum Gasteiger partial charge on any atom is -0.309 e. The Morgan fingerprint density at radius 3 is 2.45 bits per heavy atom. The van der Waals surface area contributed by atoms with E-state index in [1.54, 1.807) is 22.7 Å². The maximum Gasteiger partial charge on any atom is 0.233 e. The molecule has 0 bridgehead atoms. The van der Waals surface area contributed by atoms with Gasteiger partial charge in [0, 0.05) is 16.7 Å². The number of nitrogens with zero attached hydrogens (tertiary/aromatic N) is 3. The average molecular weight is 482 g/mol. The Kier molecular flexibility index (Phi) is 9.75. The summed E-state index contributed by atoms with van der Waals surface area (Å²) in [6.07, 6.45) is 1.12. The van der Waals surface area contributed by atoms with Crippen LogP contribution in [0.4, 0.5) is 9.52 Å². The highest BCUT2D eigenvalue weighted by molar-refractivity contribution is 7.99. The van der Waals surface area contributed by atoms with E-state index in [1.165, 1.54) is 22.3 Å². The molecule has 1 amide bonds. The minimum absolute atomic E-state index is 0. The number of carbonyl (C=O) groups excluding carboxylic acids is 1. The predicted octanol–water partition coefficient (Wildman–Crippen LogP) is 5.89. The Bertz CT molecular complexity index is 992. The zero-order valence-electron chi connectivity index (χ0n) is 18.3. The van der Waals surface area contributed by atoms with Gasteiger partial charge >= 0.3 is 0 Å². The molecule has 0 aliphatic rings. The minimum atomic E-state index is -0.353. The summed E-state index contributed by atoms with van der Waals surface area (Å²) in [5, 5.41) is 1.08. The molecule has 0 N–H and O–H groups in total. The van der Waals surface area contributed by atoms with Crippen molar-refractivity contribution in [2.24, 2.45) is 0 Å². The average Bonchev–Trinajstić information content (AvgIpc) is 3.11. The summed E-state index contributed by atoms with van der Waals surface area (Å²) in [6, 6.07) is 13.1. The fourth-order valence-electron chi connectivity index (χ4n) is 3.12. The molecule has 4 nitrogen and oxygen atoms in total. The van der Waals surface area contributed by atoms with Gasteiger partial charge in [0.1, 0.15) is 11.3 Å². The molecule has 2 aromatic carbocycles. The van der Waals surface area contributed by atoms with Crippen LogP contribution in [0.25, 0.3) is 10.2 Å². The van der Waals surface area contributed by atoms with E-state index in [4.69, 9.17) is 0 Å². The Labute approximate surface area is 198 Å². The molecular formula is C23H29ClFN3OS2. The Hall–Kier alpha value is -1.67. The topological polar surface area (TPSA) is 36.4 Å². The van der Waals surface area contributed by atoms with E-state index in [0.29, 0.717) is 28.9 Å². The lowest BCUT2D eigenvalue weighted by molar-refractivity contribution is -0.118. The van der Waals surface area contributed by atoms with Crippen molar-refractivity contribution in [2.45, 2.75) is 36.8 Å². The molecule has 0 aliphatic carbocycles. The molecular weight excluding hydrogens is 453 g/mol. The fraction of sp³-hybridized carbons (Fsp3) is 0.391. The van der Waals surface area contributed by atoms with E-state index in [1.807, 2.05) is 32.3 Å². The first-order valence-electron chi connectivity index (χ1n) is 10.1. The van der Waals surface area contributed by atoms with Crippen molar-refractivity contribution >= 4 is 56.8 Å². The van der Waals surface area contributed by atoms with Gasteiger partial charge in [0.2, 0.25) is 5.91 Å². The summed E-state index contributed by atoms with van der Waals surface area (Å²) >= 11 is 3.17. The van der Waals surface area contributed by atoms with E-state index in [-0.39, 0.29) is 24.1 Å². The van der Waals surface area contributed by atoms with Crippen LogP contribution in [0.2, 0.25) is 0 Å². The number of para-hydroxylation sites is 1. The van der Waals surface area contributed by atoms with Gasteiger partial charge in [-0.15, -0.1) is 24.2 Å². The predicted molar refractivity (Wildman–Crippen MR) is 133 cm³/mol. The molecule has 1 heterocycles. The molecule has 0 atom stereocenters. The maximum absolute atomic E-state index is 14.1. The molecule has 0 saturated carbocycles. The molecule has 0 spiro atoms. The van der Waals surface area contributed by atoms with Gasteiger partial charge in [-0.1, -0.05) is 43.4 Å². The van der Waals surface area contributed by atoms with E-state index in [9.17, 15) is 9.18 Å². The fourth-order valence-corrected chi connectivity index (χ4v) is 4.98. The van der Waals surface area contributed by atoms with Crippen LogP contribution >= 0.6 is 35.5 Å². The molecule has 0 radical (unpaired) electrons. The zero-order chi connectivity index (χ0) is 21.7. The molecule has 168 valence electrons. The molecule has 3 aromatic rings. The van der Waals surface area contributed by atoms with Crippen molar-refractivity contribution in [3.63, 3.8) is 0 Å². The number of benzene rings is 2. The van der Waals surface area contributed by atoms with Crippen LogP contribution in [0.3, 0.4) is 0 Å². The summed E-state index contributed by atoms with van der Waals surface area (Å²) in [5.41, 5.74) is 1.30. The normalized spacial score (nSPS) is 11.2. The van der Waals surface area contributed by atoms with Crippen LogP contribution in [0.1, 0.15) is 25.8 Å². The number of fused-ring (bicyclic) bond motifs is 1. The molecule has 0 fully saturated rings. The smallest absolute Gasteiger partial charge is 0.233 e. The second kappa shape index (κ2) is 11.8. The first-order chi connectivity index (χ1) is 14.3. The number of carbonyl (C=O) groups is 1. The van der Waals surface area contributed by atoms with Gasteiger partial charge < -0.3 is 4.90 Å². The quantitative estimate of drug-likeness (QED) is 0.357. The van der Waals surface area contributed by atoms with Crippen LogP contribution in [0, 0.1) is 5.82 Å². The lowest BCUT2D eigenvalue weighted by Gasteiger charge is -2.21. The van der Waals surface area contributed by atoms with Crippen LogP contribution in [-0.2, 0) is 11.2 Å². The van der Waals surface area contributed by atoms with Crippen LogP contribution in [0.5, 0.6) is 0 Å². The second-order valence-electron chi connectivity index (χ2n) is 7.77. The van der Waals surface area contributed by atoms with Gasteiger partial charge in [-0.25, -0.2) is 9.37 Å². The third-order valence-electron chi connectivity index (χ3n) is 4.53. The summed E-state index contributed by atoms with van der Waals surface area (Å²) in [7, 11) is 4.02. The number of aromatic nitrogens is 1. The van der Waals surface area contributed by atoms with Crippen LogP contribution < -0.4 is 4.90 Å². The highest BCUT2D eigenvalue weighted by Gasteiger charge is 2.21. The number of thioether (sulfide) groups is 1. The number of hydrogen-bond acceptors (Lipinski definition) is 5. The Balaban J connectivity index is 0.00000341. The van der Waals surface area contributed by atoms with Gasteiger partial charge in [0.25, 0.3) is 0 Å². The van der Waals surface area contributed by atoms with Gasteiger partial charge in [0.15, 0.2) is 5.13 Å². The summed E-state index contributed by atoms with van der Waals surface area (Å²) in [5.74, 6) is -0.369. The Morgan fingerprint density at radius 2 is 1.84 bits per heavy atom. The number of halogens is 2. The monoisotopic (exact) mass is 481 g/mol. The highest BCUT2D eigenvalue weighted by atomic mass is 35.5. The van der Waals surface area contributed by atoms with Gasteiger partial charge in [-0.3, -0.25) is 9.69 Å². The van der Waals surface area contributed by atoms with E-state index in [0.717, 1.165) is 23.2 Å². The third-order valence-corrected chi connectivity index (χ3v) is 6.59. The zero-order valence-corrected chi connectivity index (χ0v) is 20.7. The molecule has 1 aromatic heterocycles. The molecule has 8 heteroatoms. The van der Waals surface area contributed by atoms with Crippen LogP contribution in [-0.4, -0.2) is 48.2 Å². The summed E-state index contributed by atoms with van der Waals surface area (Å²) in [6.45, 7) is 5.74. The first kappa shape index (κ1) is 25.6. The van der Waals surface area contributed by atoms with E-state index in [2.05, 4.69) is 35.9 Å². The van der Waals surface area contributed by atoms with Crippen molar-refractivity contribution in [3.8, 4) is 0 Å². The number of amides is 1. The number of anilines is 1. The van der Waals surface area contributed by atoms with Crippen LogP contribution in [0.15, 0.2) is 47.4 Å². The standard InChI is InChI=1S/C23H28FN3OS2.ClH/c1-16(2)29-18-11-9-17(10-12-18)15-21(28)27(14-6-13-26(3)4)23-25-22-19(24)7-5-8-20(22)30-23;/h5,7-12,16H,6,13-15H2,1-4H3;1H. The van der Waals surface area contributed by atoms with E-state index < -0.39 is 0 Å². The SMILES string of the molecule is CC(C)Sc1ccc(CC(=O)N(CCCN(C)C)c2nc3c(F)cccc3s2)cc1.Cl. The van der Waals surface area contributed by atoms with Gasteiger partial charge in [0.05, 0.1) is 11.1 Å². The van der Waals surface area contributed by atoms with Gasteiger partial charge in [-0.2, -0.15) is 0 Å². The number of thiazole rings is 1. The van der Waals surface area contributed by atoms with Crippen molar-refractivity contribution in [2.75, 3.05) is 32.1 Å².